The summed E-state index contributed by atoms with van der Waals surface area (Å²) < 4.78 is 0. The van der Waals surface area contributed by atoms with Crippen molar-refractivity contribution >= 4 is 45.0 Å². The molecule has 0 atom stereocenters. The minimum absolute atomic E-state index is 0.302. The summed E-state index contributed by atoms with van der Waals surface area (Å²) in [6.45, 7) is 3.65. The number of nitrogens with one attached hydrogen (secondary N) is 2. The Labute approximate surface area is 143 Å². The number of nitrogens with zero attached hydrogens (tertiary/aromatic N) is 1. The number of hydrogen-bond donors (Lipinski definition) is 3. The van der Waals surface area contributed by atoms with Crippen molar-refractivity contribution in [3.05, 3.63) is 72.2 Å². The summed E-state index contributed by atoms with van der Waals surface area (Å²) in [4.78, 5) is 19.8. The zero-order chi connectivity index (χ0) is 17.1. The van der Waals surface area contributed by atoms with E-state index in [0.717, 1.165) is 21.8 Å². The molecule has 0 unspecified atom stereocenters. The monoisotopic (exact) mass is 338 g/mol. The average Bonchev–Trinajstić information content (AvgIpc) is 2.94. The highest BCUT2D eigenvalue weighted by Gasteiger charge is 2.13. The first kappa shape index (κ1) is 15.8. The van der Waals surface area contributed by atoms with E-state index in [1.54, 1.807) is 30.6 Å². The zero-order valence-electron chi connectivity index (χ0n) is 12.7. The Morgan fingerprint density at radius 1 is 1.38 bits per heavy atom. The van der Waals surface area contributed by atoms with Crippen molar-refractivity contribution in [3.8, 4) is 0 Å². The van der Waals surface area contributed by atoms with Crippen LogP contribution in [-0.4, -0.2) is 15.9 Å². The van der Waals surface area contributed by atoms with Crippen molar-refractivity contribution in [2.45, 2.75) is 0 Å². The number of hydrogen-bond acceptors (Lipinski definition) is 3. The number of aromatic nitrogens is 2. The molecule has 0 fully saturated rings. The van der Waals surface area contributed by atoms with E-state index in [1.165, 1.54) is 12.3 Å². The van der Waals surface area contributed by atoms with Crippen LogP contribution in [0.4, 0.5) is 5.69 Å². The summed E-state index contributed by atoms with van der Waals surface area (Å²) in [7, 11) is 0. The lowest BCUT2D eigenvalue weighted by molar-refractivity contribution is -0.112. The van der Waals surface area contributed by atoms with E-state index in [4.69, 9.17) is 17.3 Å². The van der Waals surface area contributed by atoms with E-state index >= 15 is 0 Å². The van der Waals surface area contributed by atoms with Crippen molar-refractivity contribution in [3.63, 3.8) is 0 Å². The first-order chi connectivity index (χ1) is 11.6. The van der Waals surface area contributed by atoms with Gasteiger partial charge in [-0.05, 0) is 36.6 Å². The Bertz CT molecular complexity index is 1000. The van der Waals surface area contributed by atoms with Crippen molar-refractivity contribution in [2.24, 2.45) is 5.73 Å². The van der Waals surface area contributed by atoms with Gasteiger partial charge in [-0.2, -0.15) is 0 Å². The third kappa shape index (κ3) is 2.89. The number of H-pyrrole nitrogens is 1. The lowest BCUT2D eigenvalue weighted by Crippen LogP contribution is -2.13. The summed E-state index contributed by atoms with van der Waals surface area (Å²) in [5.41, 5.74) is 7.94. The molecule has 4 N–H and O–H groups in total. The van der Waals surface area contributed by atoms with Crippen LogP contribution in [0.3, 0.4) is 0 Å². The van der Waals surface area contributed by atoms with Crippen LogP contribution < -0.4 is 11.1 Å². The molecule has 1 amide bonds. The lowest BCUT2D eigenvalue weighted by atomic mass is 10.1. The molecule has 0 aliphatic heterocycles. The van der Waals surface area contributed by atoms with Gasteiger partial charge in [-0.25, -0.2) is 0 Å². The Hall–Kier alpha value is -3.05. The molecule has 0 aliphatic rings. The minimum atomic E-state index is -0.302. The Morgan fingerprint density at radius 2 is 2.21 bits per heavy atom. The van der Waals surface area contributed by atoms with Crippen LogP contribution in [0, 0.1) is 0 Å². The normalized spacial score (nSPS) is 12.1. The standard InChI is InChI=1S/C18H15ClN4O/c1-2-11(4-3-6-20)18(24)23-15-9-12(19)8-14-13-5-7-21-10-16(13)22-17(14)15/h2-10,22H,1,20H2,(H,23,24)/b6-3-,11-4+. The number of nitrogens with two attached hydrogens (primary N) is 1. The third-order valence-electron chi connectivity index (χ3n) is 3.59. The number of rotatable bonds is 4. The maximum atomic E-state index is 12.4. The largest absolute Gasteiger partial charge is 0.405 e. The van der Waals surface area contributed by atoms with Gasteiger partial charge in [0.05, 0.1) is 22.9 Å². The van der Waals surface area contributed by atoms with Crippen LogP contribution in [0.25, 0.3) is 21.8 Å². The number of fused-ring (bicyclic) bond motifs is 3. The van der Waals surface area contributed by atoms with Crippen LogP contribution in [0.5, 0.6) is 0 Å². The molecule has 1 aromatic carbocycles. The zero-order valence-corrected chi connectivity index (χ0v) is 13.5. The second-order valence-corrected chi connectivity index (χ2v) is 5.52. The maximum absolute atomic E-state index is 12.4. The summed E-state index contributed by atoms with van der Waals surface area (Å²) >= 11 is 6.22. The van der Waals surface area contributed by atoms with Crippen LogP contribution in [-0.2, 0) is 4.79 Å². The molecule has 6 heteroatoms. The fourth-order valence-corrected chi connectivity index (χ4v) is 2.72. The van der Waals surface area contributed by atoms with E-state index in [0.29, 0.717) is 16.3 Å². The molecule has 24 heavy (non-hydrogen) atoms. The van der Waals surface area contributed by atoms with Gasteiger partial charge in [-0.15, -0.1) is 0 Å². The third-order valence-corrected chi connectivity index (χ3v) is 3.81. The molecular weight excluding hydrogens is 324 g/mol. The highest BCUT2D eigenvalue weighted by molar-refractivity contribution is 6.33. The summed E-state index contributed by atoms with van der Waals surface area (Å²) in [6, 6.07) is 5.45. The Morgan fingerprint density at radius 3 is 2.96 bits per heavy atom. The topological polar surface area (TPSA) is 83.8 Å². The second-order valence-electron chi connectivity index (χ2n) is 5.09. The number of pyridine rings is 1. The van der Waals surface area contributed by atoms with E-state index < -0.39 is 0 Å². The number of anilines is 1. The number of allylic oxidation sites excluding steroid dienone is 2. The molecule has 2 aromatic heterocycles. The average molecular weight is 339 g/mol. The van der Waals surface area contributed by atoms with Crippen LogP contribution in [0.1, 0.15) is 0 Å². The Balaban J connectivity index is 2.09. The molecule has 0 aliphatic carbocycles. The lowest BCUT2D eigenvalue weighted by Gasteiger charge is -2.08. The first-order valence-electron chi connectivity index (χ1n) is 7.21. The SMILES string of the molecule is C=C/C(=C\C=C/N)C(=O)Nc1cc(Cl)cc2c1[nH]c1cnccc12. The predicted molar refractivity (Wildman–Crippen MR) is 98.8 cm³/mol. The first-order valence-corrected chi connectivity index (χ1v) is 7.59. The summed E-state index contributed by atoms with van der Waals surface area (Å²) in [6.07, 6.45) is 9.41. The van der Waals surface area contributed by atoms with Crippen molar-refractivity contribution in [1.29, 1.82) is 0 Å². The molecule has 0 radical (unpaired) electrons. The molecule has 2 heterocycles. The molecular formula is C18H15ClN4O. The second kappa shape index (κ2) is 6.60. The van der Waals surface area contributed by atoms with Crippen molar-refractivity contribution < 1.29 is 4.79 Å². The van der Waals surface area contributed by atoms with E-state index in [1.807, 2.05) is 12.1 Å². The number of carbonyl (C=O) groups excluding carboxylic acids is 1. The van der Waals surface area contributed by atoms with Gasteiger partial charge in [-0.3, -0.25) is 9.78 Å². The number of amides is 1. The van der Waals surface area contributed by atoms with Crippen LogP contribution in [0.15, 0.2) is 67.2 Å². The molecule has 3 aromatic rings. The van der Waals surface area contributed by atoms with Crippen molar-refractivity contribution in [2.75, 3.05) is 5.32 Å². The van der Waals surface area contributed by atoms with Gasteiger partial charge in [-0.1, -0.05) is 24.3 Å². The van der Waals surface area contributed by atoms with Gasteiger partial charge in [0.15, 0.2) is 0 Å². The smallest absolute Gasteiger partial charge is 0.255 e. The molecule has 0 saturated carbocycles. The highest BCUT2D eigenvalue weighted by atomic mass is 35.5. The molecule has 120 valence electrons. The number of aromatic amines is 1. The van der Waals surface area contributed by atoms with E-state index in [-0.39, 0.29) is 5.91 Å². The fraction of sp³-hybridized carbons (Fsp3) is 0. The predicted octanol–water partition coefficient (Wildman–Crippen LogP) is 3.89. The molecule has 5 nitrogen and oxygen atoms in total. The van der Waals surface area contributed by atoms with Crippen molar-refractivity contribution in [1.82, 2.24) is 9.97 Å². The molecule has 0 saturated heterocycles. The van der Waals surface area contributed by atoms with E-state index in [2.05, 4.69) is 21.9 Å². The highest BCUT2D eigenvalue weighted by Crippen LogP contribution is 2.33. The summed E-state index contributed by atoms with van der Waals surface area (Å²) in [5, 5.41) is 5.29. The molecule has 0 spiro atoms. The molecule has 0 bridgehead atoms. The van der Waals surface area contributed by atoms with Gasteiger partial charge in [0.1, 0.15) is 0 Å². The molecule has 3 rings (SSSR count). The van der Waals surface area contributed by atoms with Crippen LogP contribution in [0.2, 0.25) is 5.02 Å². The van der Waals surface area contributed by atoms with E-state index in [9.17, 15) is 4.79 Å². The quantitative estimate of drug-likeness (QED) is 0.498. The number of halogens is 1. The number of carbonyl (C=O) groups is 1. The minimum Gasteiger partial charge on any atom is -0.405 e. The van der Waals surface area contributed by atoms with Gasteiger partial charge < -0.3 is 16.0 Å². The van der Waals surface area contributed by atoms with Gasteiger partial charge in [0.2, 0.25) is 0 Å². The maximum Gasteiger partial charge on any atom is 0.255 e. The number of benzene rings is 1. The fourth-order valence-electron chi connectivity index (χ4n) is 2.51. The van der Waals surface area contributed by atoms with Gasteiger partial charge >= 0.3 is 0 Å². The summed E-state index contributed by atoms with van der Waals surface area (Å²) in [5.74, 6) is -0.302. The Kier molecular flexibility index (Phi) is 4.35. The van der Waals surface area contributed by atoms with Gasteiger partial charge in [0.25, 0.3) is 5.91 Å². The van der Waals surface area contributed by atoms with Crippen LogP contribution >= 0.6 is 11.6 Å². The van der Waals surface area contributed by atoms with Gasteiger partial charge in [0, 0.05) is 27.6 Å².